The third kappa shape index (κ3) is 1.12. The van der Waals surface area contributed by atoms with Crippen molar-refractivity contribution < 1.29 is 9.21 Å². The molecule has 2 heterocycles. The Morgan fingerprint density at radius 3 is 2.88 bits per heavy atom. The maximum atomic E-state index is 10.8. The zero-order valence-corrected chi connectivity index (χ0v) is 9.28. The third-order valence-corrected chi connectivity index (χ3v) is 3.01. The SMILES string of the molecule is Cn1c(C=O)cc2oc3cc(Cl)ccc3c21. The van der Waals surface area contributed by atoms with Crippen molar-refractivity contribution >= 4 is 40.0 Å². The van der Waals surface area contributed by atoms with Gasteiger partial charge in [-0.05, 0) is 12.1 Å². The average Bonchev–Trinajstić information content (AvgIpc) is 2.75. The van der Waals surface area contributed by atoms with Gasteiger partial charge in [0.1, 0.15) is 5.58 Å². The van der Waals surface area contributed by atoms with Crippen LogP contribution in [-0.4, -0.2) is 10.9 Å². The van der Waals surface area contributed by atoms with E-state index in [0.717, 1.165) is 22.8 Å². The van der Waals surface area contributed by atoms with Crippen LogP contribution in [0.3, 0.4) is 0 Å². The fourth-order valence-electron chi connectivity index (χ4n) is 1.99. The molecule has 0 aliphatic rings. The molecule has 1 aromatic carbocycles. The molecule has 2 aromatic heterocycles. The summed E-state index contributed by atoms with van der Waals surface area (Å²) in [5, 5.41) is 1.61. The number of rotatable bonds is 1. The lowest BCUT2D eigenvalue weighted by Crippen LogP contribution is -1.93. The first kappa shape index (κ1) is 9.48. The number of fused-ring (bicyclic) bond motifs is 3. The molecule has 0 amide bonds. The van der Waals surface area contributed by atoms with Gasteiger partial charge in [0.25, 0.3) is 0 Å². The Kier molecular flexibility index (Phi) is 1.85. The van der Waals surface area contributed by atoms with E-state index in [9.17, 15) is 4.79 Å². The lowest BCUT2D eigenvalue weighted by Gasteiger charge is -1.96. The maximum absolute atomic E-state index is 10.8. The third-order valence-electron chi connectivity index (χ3n) is 2.77. The van der Waals surface area contributed by atoms with E-state index in [0.29, 0.717) is 16.3 Å². The standard InChI is InChI=1S/C12H8ClNO2/c1-14-8(6-15)5-11-12(14)9-3-2-7(13)4-10(9)16-11/h2-6H,1H3. The zero-order valence-electron chi connectivity index (χ0n) is 8.53. The summed E-state index contributed by atoms with van der Waals surface area (Å²) in [4.78, 5) is 10.8. The predicted molar refractivity (Wildman–Crippen MR) is 63.1 cm³/mol. The molecule has 80 valence electrons. The van der Waals surface area contributed by atoms with Crippen molar-refractivity contribution in [2.75, 3.05) is 0 Å². The van der Waals surface area contributed by atoms with E-state index in [4.69, 9.17) is 16.0 Å². The number of furan rings is 1. The largest absolute Gasteiger partial charge is 0.454 e. The summed E-state index contributed by atoms with van der Waals surface area (Å²) in [6.07, 6.45) is 0.817. The quantitative estimate of drug-likeness (QED) is 0.604. The van der Waals surface area contributed by atoms with Crippen LogP contribution in [0.2, 0.25) is 5.02 Å². The zero-order chi connectivity index (χ0) is 11.3. The molecule has 0 aliphatic heterocycles. The Hall–Kier alpha value is -1.74. The number of aromatic nitrogens is 1. The van der Waals surface area contributed by atoms with Crippen LogP contribution in [0.1, 0.15) is 10.5 Å². The van der Waals surface area contributed by atoms with Gasteiger partial charge in [-0.3, -0.25) is 4.79 Å². The first-order valence-electron chi connectivity index (χ1n) is 4.83. The van der Waals surface area contributed by atoms with Gasteiger partial charge in [0.05, 0.1) is 11.2 Å². The number of hydrogen-bond donors (Lipinski definition) is 0. The lowest BCUT2D eigenvalue weighted by molar-refractivity contribution is 0.111. The summed E-state index contributed by atoms with van der Waals surface area (Å²) in [6.45, 7) is 0. The van der Waals surface area contributed by atoms with Gasteiger partial charge in [-0.1, -0.05) is 11.6 Å². The number of hydrogen-bond acceptors (Lipinski definition) is 2. The van der Waals surface area contributed by atoms with Crippen molar-refractivity contribution in [1.82, 2.24) is 4.57 Å². The number of aryl methyl sites for hydroxylation is 1. The van der Waals surface area contributed by atoms with Crippen LogP contribution in [0, 0.1) is 0 Å². The molecule has 0 unspecified atom stereocenters. The average molecular weight is 234 g/mol. The van der Waals surface area contributed by atoms with E-state index in [1.165, 1.54) is 0 Å². The van der Waals surface area contributed by atoms with E-state index < -0.39 is 0 Å². The highest BCUT2D eigenvalue weighted by Gasteiger charge is 2.13. The molecule has 0 bridgehead atoms. The van der Waals surface area contributed by atoms with E-state index in [1.54, 1.807) is 12.1 Å². The minimum Gasteiger partial charge on any atom is -0.454 e. The van der Waals surface area contributed by atoms with Crippen LogP contribution in [-0.2, 0) is 7.05 Å². The molecule has 3 aromatic rings. The molecule has 0 aliphatic carbocycles. The second-order valence-corrected chi connectivity index (χ2v) is 4.14. The van der Waals surface area contributed by atoms with Crippen molar-refractivity contribution in [2.45, 2.75) is 0 Å². The van der Waals surface area contributed by atoms with Crippen LogP contribution < -0.4 is 0 Å². The Bertz CT molecular complexity index is 709. The molecule has 3 nitrogen and oxygen atoms in total. The Balaban J connectivity index is 2.51. The van der Waals surface area contributed by atoms with Gasteiger partial charge < -0.3 is 8.98 Å². The molecule has 0 spiro atoms. The molecule has 0 radical (unpaired) electrons. The molecule has 0 saturated heterocycles. The van der Waals surface area contributed by atoms with Gasteiger partial charge in [0.15, 0.2) is 11.9 Å². The summed E-state index contributed by atoms with van der Waals surface area (Å²) >= 11 is 5.89. The second-order valence-electron chi connectivity index (χ2n) is 3.70. The van der Waals surface area contributed by atoms with Gasteiger partial charge in [-0.2, -0.15) is 0 Å². The smallest absolute Gasteiger partial charge is 0.166 e. The van der Waals surface area contributed by atoms with E-state index in [-0.39, 0.29) is 0 Å². The molecule has 16 heavy (non-hydrogen) atoms. The first-order valence-corrected chi connectivity index (χ1v) is 5.21. The second kappa shape index (κ2) is 3.12. The molecular weight excluding hydrogens is 226 g/mol. The lowest BCUT2D eigenvalue weighted by atomic mass is 10.2. The highest BCUT2D eigenvalue weighted by molar-refractivity contribution is 6.31. The molecule has 3 rings (SSSR count). The van der Waals surface area contributed by atoms with Crippen molar-refractivity contribution in [1.29, 1.82) is 0 Å². The van der Waals surface area contributed by atoms with Gasteiger partial charge in [-0.15, -0.1) is 0 Å². The van der Waals surface area contributed by atoms with Gasteiger partial charge in [0.2, 0.25) is 0 Å². The number of aldehydes is 1. The van der Waals surface area contributed by atoms with Crippen LogP contribution >= 0.6 is 11.6 Å². The first-order chi connectivity index (χ1) is 7.70. The fourth-order valence-corrected chi connectivity index (χ4v) is 2.15. The molecule has 0 fully saturated rings. The van der Waals surface area contributed by atoms with E-state index in [1.807, 2.05) is 23.7 Å². The van der Waals surface area contributed by atoms with Crippen molar-refractivity contribution in [3.05, 3.63) is 35.0 Å². The van der Waals surface area contributed by atoms with Crippen molar-refractivity contribution in [3.63, 3.8) is 0 Å². The van der Waals surface area contributed by atoms with Crippen molar-refractivity contribution in [2.24, 2.45) is 7.05 Å². The summed E-state index contributed by atoms with van der Waals surface area (Å²) in [5.74, 6) is 0. The van der Waals surface area contributed by atoms with Gasteiger partial charge in [-0.25, -0.2) is 0 Å². The summed E-state index contributed by atoms with van der Waals surface area (Å²) in [5.41, 5.74) is 2.98. The van der Waals surface area contributed by atoms with E-state index in [2.05, 4.69) is 0 Å². The Labute approximate surface area is 96.2 Å². The molecule has 0 atom stereocenters. The van der Waals surface area contributed by atoms with Crippen LogP contribution in [0.4, 0.5) is 0 Å². The summed E-state index contributed by atoms with van der Waals surface area (Å²) in [6, 6.07) is 7.22. The minimum absolute atomic E-state index is 0.602. The molecular formula is C12H8ClNO2. The number of carbonyl (C=O) groups excluding carboxylic acids is 1. The van der Waals surface area contributed by atoms with Gasteiger partial charge >= 0.3 is 0 Å². The Morgan fingerprint density at radius 2 is 2.12 bits per heavy atom. The van der Waals surface area contributed by atoms with Crippen LogP contribution in [0.5, 0.6) is 0 Å². The number of halogens is 1. The Morgan fingerprint density at radius 1 is 1.31 bits per heavy atom. The summed E-state index contributed by atoms with van der Waals surface area (Å²) in [7, 11) is 1.84. The maximum Gasteiger partial charge on any atom is 0.166 e. The normalized spacial score (nSPS) is 11.4. The fraction of sp³-hybridized carbons (Fsp3) is 0.0833. The topological polar surface area (TPSA) is 35.1 Å². The predicted octanol–water partition coefficient (Wildman–Crippen LogP) is 3.39. The van der Waals surface area contributed by atoms with Crippen LogP contribution in [0.15, 0.2) is 28.7 Å². The molecule has 0 saturated carbocycles. The highest BCUT2D eigenvalue weighted by Crippen LogP contribution is 2.31. The molecule has 0 N–H and O–H groups in total. The highest BCUT2D eigenvalue weighted by atomic mass is 35.5. The van der Waals surface area contributed by atoms with Crippen molar-refractivity contribution in [3.8, 4) is 0 Å². The molecule has 4 heteroatoms. The number of nitrogens with zero attached hydrogens (tertiary/aromatic N) is 1. The minimum atomic E-state index is 0.602. The summed E-state index contributed by atoms with van der Waals surface area (Å²) < 4.78 is 7.45. The van der Waals surface area contributed by atoms with E-state index >= 15 is 0 Å². The monoisotopic (exact) mass is 233 g/mol. The van der Waals surface area contributed by atoms with Crippen LogP contribution in [0.25, 0.3) is 22.1 Å². The van der Waals surface area contributed by atoms with Gasteiger partial charge in [0, 0.05) is 29.6 Å². The number of carbonyl (C=O) groups is 1. The number of benzene rings is 1.